The Balaban J connectivity index is 2.45. The third-order valence-corrected chi connectivity index (χ3v) is 2.59. The summed E-state index contributed by atoms with van der Waals surface area (Å²) >= 11 is 0. The molecule has 1 aromatic rings. The molecule has 108 valence electrons. The molecule has 0 heterocycles. The number of rotatable bonds is 9. The fourth-order valence-corrected chi connectivity index (χ4v) is 1.68. The van der Waals surface area contributed by atoms with Crippen LogP contribution in [0.15, 0.2) is 24.3 Å². The summed E-state index contributed by atoms with van der Waals surface area (Å²) in [5.41, 5.74) is 3.61. The molecule has 6 heteroatoms. The average Bonchev–Trinajstić information content (AvgIpc) is 2.40. The van der Waals surface area contributed by atoms with Crippen molar-refractivity contribution in [2.24, 2.45) is 5.84 Å². The van der Waals surface area contributed by atoms with E-state index in [2.05, 4.69) is 5.43 Å². The quantitative estimate of drug-likeness (QED) is 0.412. The third-order valence-electron chi connectivity index (χ3n) is 2.59. The highest BCUT2D eigenvalue weighted by Crippen LogP contribution is 2.19. The van der Waals surface area contributed by atoms with Crippen LogP contribution in [0.25, 0.3) is 0 Å². The molecule has 1 unspecified atom stereocenters. The molecular weight excluding hydrogens is 254 g/mol. The van der Waals surface area contributed by atoms with Crippen LogP contribution in [0.4, 0.5) is 8.78 Å². The van der Waals surface area contributed by atoms with Gasteiger partial charge in [0.1, 0.15) is 12.4 Å². The maximum Gasteiger partial charge on any atom is 0.261 e. The molecule has 1 rings (SSSR count). The third kappa shape index (κ3) is 5.96. The van der Waals surface area contributed by atoms with Crippen molar-refractivity contribution in [3.8, 4) is 5.75 Å². The highest BCUT2D eigenvalue weighted by Gasteiger charge is 2.10. The number of hydrazine groups is 1. The smallest absolute Gasteiger partial charge is 0.261 e. The predicted octanol–water partition coefficient (Wildman–Crippen LogP) is 2.26. The van der Waals surface area contributed by atoms with E-state index >= 15 is 0 Å². The maximum atomic E-state index is 11.9. The van der Waals surface area contributed by atoms with Crippen LogP contribution in [-0.2, 0) is 4.74 Å². The second-order valence-corrected chi connectivity index (χ2v) is 3.98. The lowest BCUT2D eigenvalue weighted by atomic mass is 10.0. The number of benzene rings is 1. The fraction of sp³-hybridized carbons (Fsp3) is 0.538. The molecule has 0 saturated heterocycles. The molecular formula is C13H20F2N2O2. The molecule has 4 nitrogen and oxygen atoms in total. The minimum atomic E-state index is -2.44. The van der Waals surface area contributed by atoms with Gasteiger partial charge in [-0.3, -0.25) is 11.3 Å². The Bertz CT molecular complexity index is 347. The van der Waals surface area contributed by atoms with Crippen molar-refractivity contribution >= 4 is 0 Å². The van der Waals surface area contributed by atoms with Gasteiger partial charge in [-0.15, -0.1) is 0 Å². The standard InChI is InChI=1S/C13H20F2N2O2/c1-2-19-11-5-3-10(4-6-11)12(17-16)7-8-18-9-13(14)15/h3-6,12-13,17H,2,7-9,16H2,1H3. The summed E-state index contributed by atoms with van der Waals surface area (Å²) in [5, 5.41) is 0. The SMILES string of the molecule is CCOc1ccc(C(CCOCC(F)F)NN)cc1. The Labute approximate surface area is 111 Å². The van der Waals surface area contributed by atoms with Crippen molar-refractivity contribution in [3.63, 3.8) is 0 Å². The summed E-state index contributed by atoms with van der Waals surface area (Å²) < 4.78 is 34.0. The summed E-state index contributed by atoms with van der Waals surface area (Å²) in [5.74, 6) is 6.25. The van der Waals surface area contributed by atoms with Gasteiger partial charge in [-0.05, 0) is 31.0 Å². The van der Waals surface area contributed by atoms with Gasteiger partial charge in [-0.2, -0.15) is 0 Å². The second kappa shape index (κ2) is 8.79. The highest BCUT2D eigenvalue weighted by atomic mass is 19.3. The van der Waals surface area contributed by atoms with Crippen LogP contribution < -0.4 is 16.0 Å². The number of alkyl halides is 2. The zero-order chi connectivity index (χ0) is 14.1. The van der Waals surface area contributed by atoms with Crippen molar-refractivity contribution in [2.45, 2.75) is 25.8 Å². The van der Waals surface area contributed by atoms with Crippen LogP contribution in [0.5, 0.6) is 5.75 Å². The summed E-state index contributed by atoms with van der Waals surface area (Å²) in [6.07, 6.45) is -1.91. The van der Waals surface area contributed by atoms with Gasteiger partial charge in [-0.1, -0.05) is 12.1 Å². The van der Waals surface area contributed by atoms with Gasteiger partial charge in [0.15, 0.2) is 0 Å². The second-order valence-electron chi connectivity index (χ2n) is 3.98. The number of hydrogen-bond acceptors (Lipinski definition) is 4. The Morgan fingerprint density at radius 2 is 1.95 bits per heavy atom. The molecule has 0 fully saturated rings. The van der Waals surface area contributed by atoms with Crippen LogP contribution in [0.2, 0.25) is 0 Å². The van der Waals surface area contributed by atoms with E-state index in [9.17, 15) is 8.78 Å². The minimum absolute atomic E-state index is 0.131. The normalized spacial score (nSPS) is 12.7. The number of hydrogen-bond donors (Lipinski definition) is 2. The Morgan fingerprint density at radius 1 is 1.26 bits per heavy atom. The lowest BCUT2D eigenvalue weighted by Gasteiger charge is -2.16. The van der Waals surface area contributed by atoms with Gasteiger partial charge in [-0.25, -0.2) is 8.78 Å². The monoisotopic (exact) mass is 274 g/mol. The molecule has 0 spiro atoms. The first-order valence-electron chi connectivity index (χ1n) is 6.22. The van der Waals surface area contributed by atoms with Crippen LogP contribution >= 0.6 is 0 Å². The van der Waals surface area contributed by atoms with Gasteiger partial charge in [0.2, 0.25) is 0 Å². The van der Waals surface area contributed by atoms with Gasteiger partial charge in [0.05, 0.1) is 6.61 Å². The Morgan fingerprint density at radius 3 is 2.47 bits per heavy atom. The van der Waals surface area contributed by atoms with E-state index in [0.717, 1.165) is 11.3 Å². The topological polar surface area (TPSA) is 56.5 Å². The van der Waals surface area contributed by atoms with Gasteiger partial charge >= 0.3 is 0 Å². The number of halogens is 2. The molecule has 1 aromatic carbocycles. The van der Waals surface area contributed by atoms with Crippen LogP contribution in [0.1, 0.15) is 24.9 Å². The van der Waals surface area contributed by atoms with Crippen molar-refractivity contribution in [1.82, 2.24) is 5.43 Å². The zero-order valence-corrected chi connectivity index (χ0v) is 10.9. The first-order chi connectivity index (χ1) is 9.17. The lowest BCUT2D eigenvalue weighted by Crippen LogP contribution is -2.29. The number of nitrogens with two attached hydrogens (primary N) is 1. The molecule has 3 N–H and O–H groups in total. The summed E-state index contributed by atoms with van der Waals surface area (Å²) in [7, 11) is 0. The zero-order valence-electron chi connectivity index (χ0n) is 10.9. The molecule has 0 amide bonds. The molecule has 0 aliphatic carbocycles. The summed E-state index contributed by atoms with van der Waals surface area (Å²) in [4.78, 5) is 0. The highest BCUT2D eigenvalue weighted by molar-refractivity contribution is 5.29. The fourth-order valence-electron chi connectivity index (χ4n) is 1.68. The van der Waals surface area contributed by atoms with Crippen molar-refractivity contribution in [2.75, 3.05) is 19.8 Å². The average molecular weight is 274 g/mol. The van der Waals surface area contributed by atoms with Crippen molar-refractivity contribution in [3.05, 3.63) is 29.8 Å². The van der Waals surface area contributed by atoms with E-state index in [-0.39, 0.29) is 12.6 Å². The molecule has 0 aliphatic rings. The Hall–Kier alpha value is -1.24. The summed E-state index contributed by atoms with van der Waals surface area (Å²) in [6.45, 7) is 2.21. The number of ether oxygens (including phenoxy) is 2. The molecule has 0 radical (unpaired) electrons. The molecule has 0 saturated carbocycles. The van der Waals surface area contributed by atoms with E-state index in [1.807, 2.05) is 31.2 Å². The number of nitrogens with one attached hydrogen (secondary N) is 1. The van der Waals surface area contributed by atoms with Crippen LogP contribution in [0, 0.1) is 0 Å². The lowest BCUT2D eigenvalue weighted by molar-refractivity contribution is 0.0143. The van der Waals surface area contributed by atoms with E-state index < -0.39 is 13.0 Å². The molecule has 0 aliphatic heterocycles. The van der Waals surface area contributed by atoms with E-state index in [0.29, 0.717) is 13.0 Å². The minimum Gasteiger partial charge on any atom is -0.494 e. The molecule has 1 atom stereocenters. The largest absolute Gasteiger partial charge is 0.494 e. The van der Waals surface area contributed by atoms with Crippen LogP contribution in [-0.4, -0.2) is 26.2 Å². The molecule has 0 aromatic heterocycles. The predicted molar refractivity (Wildman–Crippen MR) is 69.1 cm³/mol. The van der Waals surface area contributed by atoms with Gasteiger partial charge < -0.3 is 9.47 Å². The van der Waals surface area contributed by atoms with Gasteiger partial charge in [0, 0.05) is 12.6 Å². The maximum absolute atomic E-state index is 11.9. The molecule has 19 heavy (non-hydrogen) atoms. The van der Waals surface area contributed by atoms with E-state index in [1.165, 1.54) is 0 Å². The Kier molecular flexibility index (Phi) is 7.32. The summed E-state index contributed by atoms with van der Waals surface area (Å²) in [6, 6.07) is 7.35. The first kappa shape index (κ1) is 15.8. The van der Waals surface area contributed by atoms with Gasteiger partial charge in [0.25, 0.3) is 6.43 Å². The molecule has 0 bridgehead atoms. The first-order valence-corrected chi connectivity index (χ1v) is 6.22. The van der Waals surface area contributed by atoms with Crippen LogP contribution in [0.3, 0.4) is 0 Å². The van der Waals surface area contributed by atoms with Crippen molar-refractivity contribution in [1.29, 1.82) is 0 Å². The van der Waals surface area contributed by atoms with Crippen molar-refractivity contribution < 1.29 is 18.3 Å². The van der Waals surface area contributed by atoms with E-state index in [1.54, 1.807) is 0 Å². The van der Waals surface area contributed by atoms with E-state index in [4.69, 9.17) is 15.3 Å².